The zero-order valence-electron chi connectivity index (χ0n) is 19.0. The number of nitrogens with one attached hydrogen (secondary N) is 2. The summed E-state index contributed by atoms with van der Waals surface area (Å²) in [6, 6.07) is 10.0. The van der Waals surface area contributed by atoms with Gasteiger partial charge in [-0.3, -0.25) is 0 Å². The summed E-state index contributed by atoms with van der Waals surface area (Å²) in [6.07, 6.45) is 0. The van der Waals surface area contributed by atoms with Crippen molar-refractivity contribution >= 4 is 11.9 Å². The summed E-state index contributed by atoms with van der Waals surface area (Å²) in [4.78, 5) is 32.0. The molecule has 2 heterocycles. The van der Waals surface area contributed by atoms with E-state index >= 15 is 0 Å². The van der Waals surface area contributed by atoms with Crippen molar-refractivity contribution in [1.82, 2.24) is 9.97 Å². The molecule has 0 fully saturated rings. The van der Waals surface area contributed by atoms with Crippen LogP contribution in [0.2, 0.25) is 0 Å². The number of rotatable bonds is 7. The van der Waals surface area contributed by atoms with Gasteiger partial charge in [0, 0.05) is 22.8 Å². The molecule has 2 N–H and O–H groups in total. The Kier molecular flexibility index (Phi) is 6.68. The van der Waals surface area contributed by atoms with Crippen molar-refractivity contribution in [3.8, 4) is 0 Å². The van der Waals surface area contributed by atoms with E-state index in [2.05, 4.69) is 9.97 Å². The topological polar surface area (TPSA) is 84.2 Å². The number of carbonyl (C=O) groups is 2. The summed E-state index contributed by atoms with van der Waals surface area (Å²) < 4.78 is 10.5. The number of benzene rings is 1. The van der Waals surface area contributed by atoms with Gasteiger partial charge in [0.2, 0.25) is 0 Å². The van der Waals surface area contributed by atoms with Crippen LogP contribution in [0.1, 0.15) is 79.9 Å². The van der Waals surface area contributed by atoms with E-state index < -0.39 is 0 Å². The van der Waals surface area contributed by atoms with Crippen LogP contribution in [-0.4, -0.2) is 35.1 Å². The molecule has 0 amide bonds. The predicted octanol–water partition coefficient (Wildman–Crippen LogP) is 5.11. The number of ether oxygens (including phenoxy) is 2. The summed E-state index contributed by atoms with van der Waals surface area (Å²) in [5, 5.41) is 0. The number of esters is 2. The van der Waals surface area contributed by atoms with Crippen molar-refractivity contribution in [2.75, 3.05) is 13.2 Å². The molecule has 2 aromatic heterocycles. The monoisotopic (exact) mass is 422 g/mol. The zero-order chi connectivity index (χ0) is 22.7. The Morgan fingerprint density at radius 1 is 0.774 bits per heavy atom. The molecule has 164 valence electrons. The lowest BCUT2D eigenvalue weighted by Gasteiger charge is -2.18. The molecule has 6 heteroatoms. The van der Waals surface area contributed by atoms with Crippen molar-refractivity contribution in [2.24, 2.45) is 0 Å². The number of carbonyl (C=O) groups excluding carboxylic acids is 2. The first-order chi connectivity index (χ1) is 14.8. The minimum absolute atomic E-state index is 0.218. The standard InChI is InChI=1S/C25H30N2O4/c1-7-30-24(28)19-14(3)22(26-16(19)5)21(18-12-10-9-11-13-18)23-15(4)20(17(6)27-23)25(29)31-8-2/h9-13,21,26-27H,7-8H2,1-6H3. The summed E-state index contributed by atoms with van der Waals surface area (Å²) in [6.45, 7) is 11.8. The summed E-state index contributed by atoms with van der Waals surface area (Å²) in [7, 11) is 0. The predicted molar refractivity (Wildman–Crippen MR) is 120 cm³/mol. The summed E-state index contributed by atoms with van der Waals surface area (Å²) in [5.41, 5.74) is 7.16. The summed E-state index contributed by atoms with van der Waals surface area (Å²) in [5.74, 6) is -0.887. The number of aromatic amines is 2. The van der Waals surface area contributed by atoms with Gasteiger partial charge in [-0.25, -0.2) is 9.59 Å². The van der Waals surface area contributed by atoms with Crippen molar-refractivity contribution in [3.05, 3.63) is 80.9 Å². The Balaban J connectivity index is 2.22. The van der Waals surface area contributed by atoms with Crippen LogP contribution in [0.5, 0.6) is 0 Å². The fourth-order valence-electron chi connectivity index (χ4n) is 4.27. The fourth-order valence-corrected chi connectivity index (χ4v) is 4.27. The first-order valence-electron chi connectivity index (χ1n) is 10.6. The molecule has 0 radical (unpaired) electrons. The number of hydrogen-bond donors (Lipinski definition) is 2. The van der Waals surface area contributed by atoms with E-state index in [9.17, 15) is 9.59 Å². The van der Waals surface area contributed by atoms with Gasteiger partial charge in [-0.2, -0.15) is 0 Å². The number of hydrogen-bond acceptors (Lipinski definition) is 4. The van der Waals surface area contributed by atoms with Crippen LogP contribution in [0.25, 0.3) is 0 Å². The van der Waals surface area contributed by atoms with Crippen LogP contribution < -0.4 is 0 Å². The first kappa shape index (κ1) is 22.4. The molecule has 0 bridgehead atoms. The molecule has 1 aromatic carbocycles. The normalized spacial score (nSPS) is 11.1. The minimum atomic E-state index is -0.335. The average molecular weight is 423 g/mol. The molecule has 6 nitrogen and oxygen atoms in total. The third-order valence-corrected chi connectivity index (χ3v) is 5.62. The Morgan fingerprint density at radius 2 is 1.19 bits per heavy atom. The van der Waals surface area contributed by atoms with Gasteiger partial charge in [0.15, 0.2) is 0 Å². The Labute approximate surface area is 183 Å². The molecule has 0 saturated carbocycles. The quantitative estimate of drug-likeness (QED) is 0.518. The fraction of sp³-hybridized carbons (Fsp3) is 0.360. The van der Waals surface area contributed by atoms with Gasteiger partial charge in [-0.05, 0) is 58.2 Å². The zero-order valence-corrected chi connectivity index (χ0v) is 19.0. The van der Waals surface area contributed by atoms with Crippen LogP contribution in [0.15, 0.2) is 30.3 Å². The number of aryl methyl sites for hydroxylation is 2. The number of H-pyrrole nitrogens is 2. The highest BCUT2D eigenvalue weighted by Crippen LogP contribution is 2.38. The lowest BCUT2D eigenvalue weighted by molar-refractivity contribution is 0.0515. The van der Waals surface area contributed by atoms with Gasteiger partial charge in [-0.1, -0.05) is 30.3 Å². The molecule has 0 aliphatic rings. The van der Waals surface area contributed by atoms with Crippen LogP contribution in [0, 0.1) is 27.7 Å². The van der Waals surface area contributed by atoms with Gasteiger partial charge in [-0.15, -0.1) is 0 Å². The first-order valence-corrected chi connectivity index (χ1v) is 10.6. The average Bonchev–Trinajstić information content (AvgIpc) is 3.18. The van der Waals surface area contributed by atoms with Gasteiger partial charge >= 0.3 is 11.9 Å². The lowest BCUT2D eigenvalue weighted by Crippen LogP contribution is -2.10. The molecular weight excluding hydrogens is 392 g/mol. The largest absolute Gasteiger partial charge is 0.462 e. The summed E-state index contributed by atoms with van der Waals surface area (Å²) >= 11 is 0. The van der Waals surface area contributed by atoms with Crippen molar-refractivity contribution in [2.45, 2.75) is 47.5 Å². The van der Waals surface area contributed by atoms with E-state index in [4.69, 9.17) is 9.47 Å². The second-order valence-electron chi connectivity index (χ2n) is 7.61. The van der Waals surface area contributed by atoms with E-state index in [0.29, 0.717) is 24.3 Å². The van der Waals surface area contributed by atoms with Gasteiger partial charge in [0.1, 0.15) is 0 Å². The maximum atomic E-state index is 12.6. The van der Waals surface area contributed by atoms with Crippen molar-refractivity contribution < 1.29 is 19.1 Å². The Hall–Kier alpha value is -3.28. The maximum absolute atomic E-state index is 12.6. The van der Waals surface area contributed by atoms with E-state index in [-0.39, 0.29) is 17.9 Å². The molecule has 0 atom stereocenters. The molecule has 3 aromatic rings. The SMILES string of the molecule is CCOC(=O)c1c(C)[nH]c(C(c2ccccc2)c2[nH]c(C)c(C(=O)OCC)c2C)c1C. The molecular formula is C25H30N2O4. The Bertz CT molecular complexity index is 1020. The van der Waals surface area contributed by atoms with Gasteiger partial charge in [0.05, 0.1) is 30.3 Å². The molecule has 0 spiro atoms. The lowest BCUT2D eigenvalue weighted by atomic mass is 9.88. The minimum Gasteiger partial charge on any atom is -0.462 e. The van der Waals surface area contributed by atoms with E-state index in [1.165, 1.54) is 0 Å². The third kappa shape index (κ3) is 4.15. The molecule has 0 unspecified atom stereocenters. The smallest absolute Gasteiger partial charge is 0.340 e. The molecule has 0 aliphatic heterocycles. The second kappa shape index (κ2) is 9.25. The number of aromatic nitrogens is 2. The second-order valence-corrected chi connectivity index (χ2v) is 7.61. The van der Waals surface area contributed by atoms with Crippen LogP contribution >= 0.6 is 0 Å². The highest BCUT2D eigenvalue weighted by molar-refractivity contribution is 5.94. The van der Waals surface area contributed by atoms with E-state index in [1.807, 2.05) is 58.0 Å². The highest BCUT2D eigenvalue weighted by Gasteiger charge is 2.30. The Morgan fingerprint density at radius 3 is 1.58 bits per heavy atom. The van der Waals surface area contributed by atoms with Gasteiger partial charge < -0.3 is 19.4 Å². The van der Waals surface area contributed by atoms with Crippen LogP contribution in [-0.2, 0) is 9.47 Å². The van der Waals surface area contributed by atoms with Crippen LogP contribution in [0.4, 0.5) is 0 Å². The molecule has 31 heavy (non-hydrogen) atoms. The third-order valence-electron chi connectivity index (χ3n) is 5.62. The van der Waals surface area contributed by atoms with E-state index in [0.717, 1.165) is 39.5 Å². The molecule has 0 saturated heterocycles. The highest BCUT2D eigenvalue weighted by atomic mass is 16.5. The van der Waals surface area contributed by atoms with Crippen LogP contribution in [0.3, 0.4) is 0 Å². The maximum Gasteiger partial charge on any atom is 0.340 e. The van der Waals surface area contributed by atoms with Crippen molar-refractivity contribution in [3.63, 3.8) is 0 Å². The van der Waals surface area contributed by atoms with Gasteiger partial charge in [0.25, 0.3) is 0 Å². The van der Waals surface area contributed by atoms with E-state index in [1.54, 1.807) is 13.8 Å². The molecule has 0 aliphatic carbocycles. The van der Waals surface area contributed by atoms with Crippen molar-refractivity contribution in [1.29, 1.82) is 0 Å². The molecule has 3 rings (SSSR count).